The van der Waals surface area contributed by atoms with Gasteiger partial charge in [-0.15, -0.1) is 0 Å². The molecule has 0 fully saturated rings. The molecule has 0 aliphatic carbocycles. The van der Waals surface area contributed by atoms with Crippen LogP contribution < -0.4 is 4.90 Å². The van der Waals surface area contributed by atoms with E-state index < -0.39 is 0 Å². The molecule has 2 heteroatoms. The molecule has 13 rings (SSSR count). The maximum atomic E-state index is 2.45. The summed E-state index contributed by atoms with van der Waals surface area (Å²) in [4.78, 5) is 2.39. The van der Waals surface area contributed by atoms with Gasteiger partial charge in [-0.2, -0.15) is 0 Å². The van der Waals surface area contributed by atoms with Crippen molar-refractivity contribution in [3.8, 4) is 61.3 Å². The Hall–Kier alpha value is -9.24. The Morgan fingerprint density at radius 2 is 0.771 bits per heavy atom. The second-order valence-corrected chi connectivity index (χ2v) is 18.1. The summed E-state index contributed by atoms with van der Waals surface area (Å²) in [6, 6.07) is 102. The topological polar surface area (TPSA) is 8.17 Å². The van der Waals surface area contributed by atoms with Crippen molar-refractivity contribution in [3.63, 3.8) is 0 Å². The average Bonchev–Trinajstić information content (AvgIpc) is 3.79. The summed E-state index contributed by atoms with van der Waals surface area (Å²) in [5.74, 6) is 0. The van der Waals surface area contributed by atoms with Crippen molar-refractivity contribution in [1.82, 2.24) is 4.57 Å². The molecule has 0 saturated carbocycles. The van der Waals surface area contributed by atoms with E-state index in [4.69, 9.17) is 0 Å². The predicted molar refractivity (Wildman–Crippen MR) is 298 cm³/mol. The first kappa shape index (κ1) is 41.0. The molecule has 0 spiro atoms. The molecule has 0 N–H and O–H groups in total. The zero-order chi connectivity index (χ0) is 46.4. The first-order valence-corrected chi connectivity index (χ1v) is 24.1. The lowest BCUT2D eigenvalue weighted by molar-refractivity contribution is 1.18. The molecule has 12 aromatic carbocycles. The van der Waals surface area contributed by atoms with Crippen LogP contribution in [0.2, 0.25) is 0 Å². The number of anilines is 3. The molecule has 328 valence electrons. The fourth-order valence-electron chi connectivity index (χ4n) is 10.6. The number of fused-ring (bicyclic) bond motifs is 5. The summed E-state index contributed by atoms with van der Waals surface area (Å²) in [6.45, 7) is 0. The lowest BCUT2D eigenvalue weighted by atomic mass is 9.94. The van der Waals surface area contributed by atoms with E-state index in [-0.39, 0.29) is 0 Å². The van der Waals surface area contributed by atoms with Crippen molar-refractivity contribution in [2.24, 2.45) is 0 Å². The van der Waals surface area contributed by atoms with Gasteiger partial charge in [-0.1, -0.05) is 218 Å². The summed E-state index contributed by atoms with van der Waals surface area (Å²) in [5.41, 5.74) is 18.7. The van der Waals surface area contributed by atoms with E-state index in [9.17, 15) is 0 Å². The predicted octanol–water partition coefficient (Wildman–Crippen LogP) is 18.9. The van der Waals surface area contributed by atoms with Crippen LogP contribution in [0.15, 0.2) is 279 Å². The van der Waals surface area contributed by atoms with Crippen molar-refractivity contribution in [2.75, 3.05) is 4.90 Å². The number of hydrogen-bond donors (Lipinski definition) is 0. The number of para-hydroxylation sites is 2. The van der Waals surface area contributed by atoms with Crippen LogP contribution >= 0.6 is 0 Å². The lowest BCUT2D eigenvalue weighted by Crippen LogP contribution is -2.10. The first-order valence-electron chi connectivity index (χ1n) is 24.1. The molecule has 13 aromatic rings. The molecule has 0 saturated heterocycles. The van der Waals surface area contributed by atoms with Crippen LogP contribution in [0.3, 0.4) is 0 Å². The minimum absolute atomic E-state index is 1.08. The van der Waals surface area contributed by atoms with Crippen molar-refractivity contribution in [1.29, 1.82) is 0 Å². The minimum Gasteiger partial charge on any atom is -0.310 e. The first-order chi connectivity index (χ1) is 34.7. The summed E-state index contributed by atoms with van der Waals surface area (Å²) in [7, 11) is 0. The van der Waals surface area contributed by atoms with Crippen LogP contribution in [0, 0.1) is 0 Å². The van der Waals surface area contributed by atoms with Crippen molar-refractivity contribution < 1.29 is 0 Å². The van der Waals surface area contributed by atoms with E-state index in [1.54, 1.807) is 0 Å². The van der Waals surface area contributed by atoms with E-state index in [0.29, 0.717) is 0 Å². The van der Waals surface area contributed by atoms with Crippen LogP contribution in [-0.2, 0) is 0 Å². The Bertz CT molecular complexity index is 4010. The molecule has 0 amide bonds. The summed E-state index contributed by atoms with van der Waals surface area (Å²) in [5, 5.41) is 7.46. The third kappa shape index (κ3) is 7.31. The summed E-state index contributed by atoms with van der Waals surface area (Å²) >= 11 is 0. The highest BCUT2D eigenvalue weighted by Crippen LogP contribution is 2.45. The molecule has 0 atom stereocenters. The second kappa shape index (κ2) is 17.4. The van der Waals surface area contributed by atoms with Crippen LogP contribution in [0.25, 0.3) is 105 Å². The van der Waals surface area contributed by atoms with E-state index in [0.717, 1.165) is 28.3 Å². The molecule has 0 aliphatic rings. The van der Waals surface area contributed by atoms with Gasteiger partial charge in [0, 0.05) is 39.1 Å². The number of hydrogen-bond acceptors (Lipinski definition) is 1. The van der Waals surface area contributed by atoms with Gasteiger partial charge in [-0.25, -0.2) is 0 Å². The van der Waals surface area contributed by atoms with Crippen molar-refractivity contribution in [2.45, 2.75) is 0 Å². The second-order valence-electron chi connectivity index (χ2n) is 18.1. The highest BCUT2D eigenvalue weighted by atomic mass is 15.1. The average molecular weight is 891 g/mol. The zero-order valence-electron chi connectivity index (χ0n) is 38.5. The normalized spacial score (nSPS) is 11.4. The SMILES string of the molecule is c1ccc(-c2ccc(-c3cccc(N(c4ccc(-c5ccc(-c6cccc7ccccc67)cc5)cc4)c4ccc(-c5ccc6ccccc6c5)cc4)c3)c3c4ccccc4n(-c4ccccc4)c23)cc1. The Labute approximate surface area is 408 Å². The number of aromatic nitrogens is 1. The van der Waals surface area contributed by atoms with Gasteiger partial charge in [0.05, 0.1) is 11.0 Å². The monoisotopic (exact) mass is 890 g/mol. The third-order valence-electron chi connectivity index (χ3n) is 14.0. The molecule has 70 heavy (non-hydrogen) atoms. The van der Waals surface area contributed by atoms with Gasteiger partial charge < -0.3 is 9.47 Å². The van der Waals surface area contributed by atoms with Gasteiger partial charge in [-0.3, -0.25) is 0 Å². The van der Waals surface area contributed by atoms with E-state index in [2.05, 4.69) is 289 Å². The van der Waals surface area contributed by atoms with Crippen molar-refractivity contribution in [3.05, 3.63) is 279 Å². The summed E-state index contributed by atoms with van der Waals surface area (Å²) in [6.07, 6.45) is 0. The van der Waals surface area contributed by atoms with Gasteiger partial charge in [0.15, 0.2) is 0 Å². The highest BCUT2D eigenvalue weighted by molar-refractivity contribution is 6.19. The maximum Gasteiger partial charge on any atom is 0.0625 e. The quantitative estimate of drug-likeness (QED) is 0.140. The molecular weight excluding hydrogens is 845 g/mol. The number of nitrogens with zero attached hydrogens (tertiary/aromatic N) is 2. The molecule has 1 heterocycles. The van der Waals surface area contributed by atoms with Gasteiger partial charge in [-0.05, 0) is 132 Å². The smallest absolute Gasteiger partial charge is 0.0625 e. The zero-order valence-corrected chi connectivity index (χ0v) is 38.5. The highest BCUT2D eigenvalue weighted by Gasteiger charge is 2.21. The Morgan fingerprint density at radius 1 is 0.257 bits per heavy atom. The number of rotatable bonds is 9. The largest absolute Gasteiger partial charge is 0.310 e. The summed E-state index contributed by atoms with van der Waals surface area (Å²) < 4.78 is 2.45. The molecule has 0 radical (unpaired) electrons. The van der Waals surface area contributed by atoms with Gasteiger partial charge in [0.2, 0.25) is 0 Å². The molecule has 0 aliphatic heterocycles. The lowest BCUT2D eigenvalue weighted by Gasteiger charge is -2.26. The van der Waals surface area contributed by atoms with Gasteiger partial charge >= 0.3 is 0 Å². The van der Waals surface area contributed by atoms with E-state index in [1.807, 2.05) is 0 Å². The third-order valence-corrected chi connectivity index (χ3v) is 14.0. The van der Waals surface area contributed by atoms with E-state index >= 15 is 0 Å². The van der Waals surface area contributed by atoms with Crippen molar-refractivity contribution >= 4 is 60.4 Å². The van der Waals surface area contributed by atoms with Crippen LogP contribution in [-0.4, -0.2) is 4.57 Å². The van der Waals surface area contributed by atoms with Crippen LogP contribution in [0.1, 0.15) is 0 Å². The number of benzene rings is 12. The molecule has 0 unspecified atom stereocenters. The Kier molecular flexibility index (Phi) is 10.2. The fraction of sp³-hybridized carbons (Fsp3) is 0. The molecule has 0 bridgehead atoms. The van der Waals surface area contributed by atoms with Crippen LogP contribution in [0.5, 0.6) is 0 Å². The Morgan fingerprint density at radius 3 is 1.51 bits per heavy atom. The molecule has 1 aromatic heterocycles. The van der Waals surface area contributed by atoms with Gasteiger partial charge in [0.25, 0.3) is 0 Å². The molecule has 2 nitrogen and oxygen atoms in total. The van der Waals surface area contributed by atoms with Gasteiger partial charge in [0.1, 0.15) is 0 Å². The van der Waals surface area contributed by atoms with Crippen LogP contribution in [0.4, 0.5) is 17.1 Å². The maximum absolute atomic E-state index is 2.45. The Balaban J connectivity index is 0.934. The minimum atomic E-state index is 1.08. The fourth-order valence-corrected chi connectivity index (χ4v) is 10.6. The molecular formula is C68H46N2. The van der Waals surface area contributed by atoms with E-state index in [1.165, 1.54) is 93.4 Å². The standard InChI is InChI=1S/C68H46N2/c1-3-16-52(17-4-1)64-44-43-63(67-65-26-11-12-28-66(65)70(68(64)67)57-22-5-2-6-23-57)56-21-13-24-60(46-56)69(59-41-37-50(38-42-59)55-34-31-47-15-7-8-19-54(47)45-55)58-39-35-49(36-40-58)48-29-32-53(33-30-48)62-27-14-20-51-18-9-10-25-61(51)62/h1-46H.